The van der Waals surface area contributed by atoms with Crippen LogP contribution in [0.2, 0.25) is 0 Å². The van der Waals surface area contributed by atoms with E-state index in [0.717, 1.165) is 0 Å². The molecule has 0 saturated heterocycles. The minimum atomic E-state index is -0.369. The molecule has 0 spiro atoms. The van der Waals surface area contributed by atoms with Crippen molar-refractivity contribution in [2.45, 2.75) is 46.7 Å². The topological polar surface area (TPSA) is 70.2 Å². The monoisotopic (exact) mass is 243 g/mol. The minimum absolute atomic E-state index is 0.0742. The van der Waals surface area contributed by atoms with Gasteiger partial charge >= 0.3 is 0 Å². The van der Waals surface area contributed by atoms with Crippen molar-refractivity contribution in [3.63, 3.8) is 0 Å². The van der Waals surface area contributed by atoms with E-state index in [1.165, 1.54) is 0 Å². The molecule has 100 valence electrons. The van der Waals surface area contributed by atoms with E-state index in [2.05, 4.69) is 16.0 Å². The summed E-state index contributed by atoms with van der Waals surface area (Å²) in [5.41, 5.74) is 0. The van der Waals surface area contributed by atoms with E-state index in [1.54, 1.807) is 13.8 Å². The van der Waals surface area contributed by atoms with Crippen molar-refractivity contribution in [1.29, 1.82) is 0 Å². The fraction of sp³-hybridized carbons (Fsp3) is 0.833. The normalized spacial score (nSPS) is 14.2. The number of hydrogen-bond donors (Lipinski definition) is 3. The van der Waals surface area contributed by atoms with Gasteiger partial charge in [0, 0.05) is 13.1 Å². The number of carbonyl (C=O) groups is 2. The van der Waals surface area contributed by atoms with Crippen molar-refractivity contribution < 1.29 is 9.59 Å². The van der Waals surface area contributed by atoms with Crippen molar-refractivity contribution in [1.82, 2.24) is 16.0 Å². The Labute approximate surface area is 104 Å². The predicted molar refractivity (Wildman–Crippen MR) is 68.6 cm³/mol. The van der Waals surface area contributed by atoms with Crippen LogP contribution < -0.4 is 16.0 Å². The van der Waals surface area contributed by atoms with Gasteiger partial charge in [-0.15, -0.1) is 0 Å². The fourth-order valence-corrected chi connectivity index (χ4v) is 1.31. The molecular weight excluding hydrogens is 218 g/mol. The van der Waals surface area contributed by atoms with Crippen LogP contribution in [-0.4, -0.2) is 37.0 Å². The molecule has 0 rings (SSSR count). The Bertz CT molecular complexity index is 254. The minimum Gasteiger partial charge on any atom is -0.355 e. The van der Waals surface area contributed by atoms with E-state index in [9.17, 15) is 9.59 Å². The van der Waals surface area contributed by atoms with Gasteiger partial charge in [-0.3, -0.25) is 14.9 Å². The zero-order valence-electron chi connectivity index (χ0n) is 11.5. The molecule has 5 nitrogen and oxygen atoms in total. The zero-order valence-corrected chi connectivity index (χ0v) is 11.5. The van der Waals surface area contributed by atoms with Crippen LogP contribution in [0.3, 0.4) is 0 Å². The average Bonchev–Trinajstić information content (AvgIpc) is 2.25. The van der Waals surface area contributed by atoms with Crippen LogP contribution in [0.5, 0.6) is 0 Å². The molecule has 0 bridgehead atoms. The maximum Gasteiger partial charge on any atom is 0.236 e. The van der Waals surface area contributed by atoms with Crippen molar-refractivity contribution in [3.05, 3.63) is 0 Å². The van der Waals surface area contributed by atoms with Crippen LogP contribution in [-0.2, 0) is 9.59 Å². The van der Waals surface area contributed by atoms with Crippen LogP contribution in [0.15, 0.2) is 0 Å². The molecule has 0 aliphatic heterocycles. The molecular formula is C12H25N3O2. The maximum atomic E-state index is 11.7. The lowest BCUT2D eigenvalue weighted by Gasteiger charge is -2.19. The van der Waals surface area contributed by atoms with E-state index in [4.69, 9.17) is 0 Å². The van der Waals surface area contributed by atoms with Crippen LogP contribution in [0, 0.1) is 5.92 Å². The second-order valence-corrected chi connectivity index (χ2v) is 4.64. The summed E-state index contributed by atoms with van der Waals surface area (Å²) in [4.78, 5) is 23.1. The van der Waals surface area contributed by atoms with Crippen LogP contribution >= 0.6 is 0 Å². The summed E-state index contributed by atoms with van der Waals surface area (Å²) in [6, 6.07) is -0.735. The highest BCUT2D eigenvalue weighted by atomic mass is 16.2. The van der Waals surface area contributed by atoms with Crippen molar-refractivity contribution in [3.8, 4) is 0 Å². The van der Waals surface area contributed by atoms with Gasteiger partial charge in [0.25, 0.3) is 0 Å². The van der Waals surface area contributed by atoms with Gasteiger partial charge in [0.2, 0.25) is 11.8 Å². The molecule has 2 atom stereocenters. The molecule has 0 fully saturated rings. The molecule has 2 amide bonds. The van der Waals surface area contributed by atoms with E-state index in [-0.39, 0.29) is 23.9 Å². The Balaban J connectivity index is 4.02. The van der Waals surface area contributed by atoms with Crippen molar-refractivity contribution >= 4 is 11.8 Å². The van der Waals surface area contributed by atoms with Crippen LogP contribution in [0.4, 0.5) is 0 Å². The first-order chi connectivity index (χ1) is 7.88. The molecule has 17 heavy (non-hydrogen) atoms. The van der Waals surface area contributed by atoms with Gasteiger partial charge in [-0.25, -0.2) is 0 Å². The number of hydrogen-bond acceptors (Lipinski definition) is 3. The lowest BCUT2D eigenvalue weighted by atomic mass is 10.2. The predicted octanol–water partition coefficient (Wildman–Crippen LogP) is 0.261. The third kappa shape index (κ3) is 6.94. The van der Waals surface area contributed by atoms with E-state index in [0.29, 0.717) is 19.0 Å². The van der Waals surface area contributed by atoms with Crippen molar-refractivity contribution in [2.75, 3.05) is 13.1 Å². The molecule has 0 aromatic heterocycles. The summed E-state index contributed by atoms with van der Waals surface area (Å²) in [5, 5.41) is 8.50. The quantitative estimate of drug-likeness (QED) is 0.601. The largest absolute Gasteiger partial charge is 0.355 e. The Morgan fingerprint density at radius 3 is 1.82 bits per heavy atom. The highest BCUT2D eigenvalue weighted by Gasteiger charge is 2.19. The molecule has 0 aliphatic carbocycles. The second kappa shape index (κ2) is 8.06. The van der Waals surface area contributed by atoms with Crippen LogP contribution in [0.1, 0.15) is 34.6 Å². The van der Waals surface area contributed by atoms with Gasteiger partial charge in [-0.2, -0.15) is 0 Å². The van der Waals surface area contributed by atoms with Gasteiger partial charge in [0.15, 0.2) is 0 Å². The summed E-state index contributed by atoms with van der Waals surface area (Å²) in [6.07, 6.45) is 0. The molecule has 0 aliphatic rings. The number of rotatable bonds is 7. The highest BCUT2D eigenvalue weighted by Crippen LogP contribution is 1.91. The SMILES string of the molecule is CCNC(=O)C(C)NC(C)C(=O)NCC(C)C. The first-order valence-electron chi connectivity index (χ1n) is 6.19. The Morgan fingerprint density at radius 1 is 0.941 bits per heavy atom. The average molecular weight is 243 g/mol. The van der Waals surface area contributed by atoms with E-state index < -0.39 is 0 Å². The third-order valence-corrected chi connectivity index (χ3v) is 2.32. The van der Waals surface area contributed by atoms with Crippen molar-refractivity contribution in [2.24, 2.45) is 5.92 Å². The Hall–Kier alpha value is -1.10. The third-order valence-electron chi connectivity index (χ3n) is 2.32. The number of amides is 2. The molecule has 0 aromatic rings. The molecule has 0 aromatic carbocycles. The summed E-state index contributed by atoms with van der Waals surface area (Å²) in [6.45, 7) is 10.7. The maximum absolute atomic E-state index is 11.7. The zero-order chi connectivity index (χ0) is 13.4. The summed E-state index contributed by atoms with van der Waals surface area (Å²) >= 11 is 0. The summed E-state index contributed by atoms with van der Waals surface area (Å²) in [5.74, 6) is 0.262. The fourth-order valence-electron chi connectivity index (χ4n) is 1.31. The van der Waals surface area contributed by atoms with Gasteiger partial charge in [-0.05, 0) is 26.7 Å². The first-order valence-corrected chi connectivity index (χ1v) is 6.19. The van der Waals surface area contributed by atoms with E-state index >= 15 is 0 Å². The van der Waals surface area contributed by atoms with Gasteiger partial charge in [-0.1, -0.05) is 13.8 Å². The number of carbonyl (C=O) groups excluding carboxylic acids is 2. The standard InChI is InChI=1S/C12H25N3O2/c1-6-13-11(16)9(4)15-10(5)12(17)14-7-8(2)3/h8-10,15H,6-7H2,1-5H3,(H,13,16)(H,14,17). The Kier molecular flexibility index (Phi) is 7.54. The Morgan fingerprint density at radius 2 is 1.41 bits per heavy atom. The number of nitrogens with one attached hydrogen (secondary N) is 3. The smallest absolute Gasteiger partial charge is 0.236 e. The second-order valence-electron chi connectivity index (χ2n) is 4.64. The van der Waals surface area contributed by atoms with E-state index in [1.807, 2.05) is 20.8 Å². The lowest BCUT2D eigenvalue weighted by Crippen LogP contribution is -2.51. The molecule has 5 heteroatoms. The summed E-state index contributed by atoms with van der Waals surface area (Å²) in [7, 11) is 0. The van der Waals surface area contributed by atoms with Crippen LogP contribution in [0.25, 0.3) is 0 Å². The van der Waals surface area contributed by atoms with Gasteiger partial charge in [0.05, 0.1) is 12.1 Å². The molecule has 2 unspecified atom stereocenters. The molecule has 0 saturated carbocycles. The molecule has 3 N–H and O–H groups in total. The lowest BCUT2D eigenvalue weighted by molar-refractivity contribution is -0.125. The highest BCUT2D eigenvalue weighted by molar-refractivity contribution is 5.84. The molecule has 0 radical (unpaired) electrons. The van der Waals surface area contributed by atoms with Gasteiger partial charge in [0.1, 0.15) is 0 Å². The first kappa shape index (κ1) is 15.9. The molecule has 0 heterocycles. The van der Waals surface area contributed by atoms with Gasteiger partial charge < -0.3 is 10.6 Å². The number of likely N-dealkylation sites (N-methyl/N-ethyl adjacent to an activating group) is 1. The summed E-state index contributed by atoms with van der Waals surface area (Å²) < 4.78 is 0.